The number of imidazole rings is 1. The van der Waals surface area contributed by atoms with Gasteiger partial charge in [-0.2, -0.15) is 0 Å². The highest BCUT2D eigenvalue weighted by Gasteiger charge is 2.19. The second-order valence-electron chi connectivity index (χ2n) is 7.36. The lowest BCUT2D eigenvalue weighted by Gasteiger charge is -2.24. The molecule has 0 spiro atoms. The van der Waals surface area contributed by atoms with Gasteiger partial charge in [0.05, 0.1) is 13.7 Å². The molecule has 0 saturated heterocycles. The lowest BCUT2D eigenvalue weighted by Crippen LogP contribution is -2.37. The first-order chi connectivity index (χ1) is 14.5. The van der Waals surface area contributed by atoms with Gasteiger partial charge < -0.3 is 19.1 Å². The number of likely N-dealkylation sites (N-methyl/N-ethyl adjacent to an activating group) is 1. The zero-order valence-corrected chi connectivity index (χ0v) is 17.6. The number of benzene rings is 2. The molecule has 3 aromatic rings. The van der Waals surface area contributed by atoms with E-state index in [2.05, 4.69) is 4.98 Å². The molecule has 2 aromatic carbocycles. The number of rotatable bonds is 9. The van der Waals surface area contributed by atoms with E-state index < -0.39 is 0 Å². The molecule has 0 aliphatic carbocycles. The fourth-order valence-corrected chi connectivity index (χ4v) is 3.08. The van der Waals surface area contributed by atoms with Gasteiger partial charge in [-0.1, -0.05) is 12.1 Å². The minimum Gasteiger partial charge on any atom is -0.497 e. The van der Waals surface area contributed by atoms with Crippen LogP contribution in [0.2, 0.25) is 0 Å². The van der Waals surface area contributed by atoms with Crippen molar-refractivity contribution >= 4 is 5.91 Å². The van der Waals surface area contributed by atoms with Crippen LogP contribution in [0.5, 0.6) is 5.75 Å². The summed E-state index contributed by atoms with van der Waals surface area (Å²) in [5, 5.41) is 0. The van der Waals surface area contributed by atoms with Gasteiger partial charge in [0.2, 0.25) is 0 Å². The molecule has 0 aliphatic heterocycles. The fraction of sp³-hybridized carbons (Fsp3) is 0.304. The maximum atomic E-state index is 13.3. The van der Waals surface area contributed by atoms with E-state index in [-0.39, 0.29) is 11.7 Å². The summed E-state index contributed by atoms with van der Waals surface area (Å²) in [6.45, 7) is 2.27. The maximum absolute atomic E-state index is 13.3. The molecular formula is C23H27FN4O2. The van der Waals surface area contributed by atoms with Gasteiger partial charge >= 0.3 is 0 Å². The van der Waals surface area contributed by atoms with Crippen LogP contribution in [-0.2, 0) is 13.1 Å². The van der Waals surface area contributed by atoms with Crippen LogP contribution >= 0.6 is 0 Å². The van der Waals surface area contributed by atoms with Gasteiger partial charge in [0.25, 0.3) is 5.91 Å². The number of carbonyl (C=O) groups is 1. The Hall–Kier alpha value is -3.19. The number of aromatic nitrogens is 2. The molecule has 0 radical (unpaired) electrons. The lowest BCUT2D eigenvalue weighted by molar-refractivity contribution is 0.0726. The zero-order chi connectivity index (χ0) is 21.5. The smallest absolute Gasteiger partial charge is 0.254 e. The summed E-state index contributed by atoms with van der Waals surface area (Å²) in [4.78, 5) is 21.3. The number of halogens is 1. The molecule has 30 heavy (non-hydrogen) atoms. The van der Waals surface area contributed by atoms with Crippen LogP contribution in [0.4, 0.5) is 4.39 Å². The third-order valence-electron chi connectivity index (χ3n) is 4.84. The van der Waals surface area contributed by atoms with Crippen molar-refractivity contribution in [2.75, 3.05) is 34.3 Å². The van der Waals surface area contributed by atoms with Crippen LogP contribution in [-0.4, -0.2) is 59.6 Å². The van der Waals surface area contributed by atoms with E-state index in [1.165, 1.54) is 24.3 Å². The monoisotopic (exact) mass is 410 g/mol. The average molecular weight is 410 g/mol. The maximum Gasteiger partial charge on any atom is 0.254 e. The SMILES string of the molecule is COc1ccc(Cn2ccnc2CN(CCN(C)C)C(=O)c2ccc(F)cc2)cc1. The van der Waals surface area contributed by atoms with Crippen molar-refractivity contribution in [1.29, 1.82) is 0 Å². The quantitative estimate of drug-likeness (QED) is 0.543. The Morgan fingerprint density at radius 1 is 1.07 bits per heavy atom. The molecular weight excluding hydrogens is 383 g/mol. The van der Waals surface area contributed by atoms with Crippen molar-refractivity contribution in [3.05, 3.63) is 83.7 Å². The van der Waals surface area contributed by atoms with E-state index in [0.29, 0.717) is 31.7 Å². The van der Waals surface area contributed by atoms with Crippen molar-refractivity contribution in [2.24, 2.45) is 0 Å². The van der Waals surface area contributed by atoms with Crippen molar-refractivity contribution in [1.82, 2.24) is 19.4 Å². The van der Waals surface area contributed by atoms with Crippen molar-refractivity contribution in [3.63, 3.8) is 0 Å². The average Bonchev–Trinajstić information content (AvgIpc) is 3.18. The first-order valence-corrected chi connectivity index (χ1v) is 9.79. The van der Waals surface area contributed by atoms with E-state index in [0.717, 1.165) is 17.1 Å². The van der Waals surface area contributed by atoms with Gasteiger partial charge in [-0.3, -0.25) is 4.79 Å². The Balaban J connectivity index is 1.77. The molecule has 0 N–H and O–H groups in total. The zero-order valence-electron chi connectivity index (χ0n) is 17.6. The molecule has 0 aliphatic rings. The Labute approximate surface area is 176 Å². The third-order valence-corrected chi connectivity index (χ3v) is 4.84. The molecule has 158 valence electrons. The first-order valence-electron chi connectivity index (χ1n) is 9.79. The van der Waals surface area contributed by atoms with Crippen molar-refractivity contribution < 1.29 is 13.9 Å². The minimum atomic E-state index is -0.360. The predicted molar refractivity (Wildman–Crippen MR) is 114 cm³/mol. The Bertz CT molecular complexity index is 952. The molecule has 1 heterocycles. The summed E-state index contributed by atoms with van der Waals surface area (Å²) in [5.41, 5.74) is 1.57. The highest BCUT2D eigenvalue weighted by atomic mass is 19.1. The van der Waals surface area contributed by atoms with E-state index in [1.807, 2.05) is 54.0 Å². The highest BCUT2D eigenvalue weighted by molar-refractivity contribution is 5.94. The fourth-order valence-electron chi connectivity index (χ4n) is 3.08. The predicted octanol–water partition coefficient (Wildman–Crippen LogP) is 3.28. The van der Waals surface area contributed by atoms with Crippen LogP contribution in [0.25, 0.3) is 0 Å². The van der Waals surface area contributed by atoms with Gasteiger partial charge in [-0.25, -0.2) is 9.37 Å². The summed E-state index contributed by atoms with van der Waals surface area (Å²) >= 11 is 0. The Morgan fingerprint density at radius 3 is 2.40 bits per heavy atom. The summed E-state index contributed by atoms with van der Waals surface area (Å²) in [6.07, 6.45) is 3.65. The topological polar surface area (TPSA) is 50.6 Å². The molecule has 1 aromatic heterocycles. The summed E-state index contributed by atoms with van der Waals surface area (Å²) in [6, 6.07) is 13.5. The summed E-state index contributed by atoms with van der Waals surface area (Å²) in [5.74, 6) is 1.10. The second-order valence-corrected chi connectivity index (χ2v) is 7.36. The third kappa shape index (κ3) is 5.67. The number of ether oxygens (including phenoxy) is 1. The van der Waals surface area contributed by atoms with Crippen molar-refractivity contribution in [2.45, 2.75) is 13.1 Å². The highest BCUT2D eigenvalue weighted by Crippen LogP contribution is 2.15. The normalized spacial score (nSPS) is 11.0. The van der Waals surface area contributed by atoms with E-state index in [4.69, 9.17) is 4.74 Å². The van der Waals surface area contributed by atoms with E-state index in [9.17, 15) is 9.18 Å². The number of amides is 1. The number of nitrogens with zero attached hydrogens (tertiary/aromatic N) is 4. The Morgan fingerprint density at radius 2 is 1.77 bits per heavy atom. The van der Waals surface area contributed by atoms with Gasteiger partial charge in [-0.05, 0) is 56.1 Å². The van der Waals surface area contributed by atoms with Gasteiger partial charge in [0, 0.05) is 37.6 Å². The van der Waals surface area contributed by atoms with Gasteiger partial charge in [0.1, 0.15) is 17.4 Å². The molecule has 0 fully saturated rings. The lowest BCUT2D eigenvalue weighted by atomic mass is 10.2. The minimum absolute atomic E-state index is 0.143. The summed E-state index contributed by atoms with van der Waals surface area (Å²) < 4.78 is 20.5. The second kappa shape index (κ2) is 10.0. The van der Waals surface area contributed by atoms with Crippen LogP contribution in [0, 0.1) is 5.82 Å². The van der Waals surface area contributed by atoms with Gasteiger partial charge in [-0.15, -0.1) is 0 Å². The molecule has 0 unspecified atom stereocenters. The van der Waals surface area contributed by atoms with Crippen LogP contribution < -0.4 is 4.74 Å². The number of methoxy groups -OCH3 is 1. The molecule has 3 rings (SSSR count). The molecule has 7 heteroatoms. The van der Waals surface area contributed by atoms with E-state index >= 15 is 0 Å². The van der Waals surface area contributed by atoms with E-state index in [1.54, 1.807) is 18.2 Å². The van der Waals surface area contributed by atoms with Crippen LogP contribution in [0.1, 0.15) is 21.7 Å². The molecule has 0 bridgehead atoms. The van der Waals surface area contributed by atoms with Crippen LogP contribution in [0.15, 0.2) is 60.9 Å². The standard InChI is InChI=1S/C23H27FN4O2/c1-26(2)14-15-28(23(29)19-6-8-20(24)9-7-19)17-22-25-12-13-27(22)16-18-4-10-21(30-3)11-5-18/h4-13H,14-17H2,1-3H3. The molecule has 6 nitrogen and oxygen atoms in total. The number of carbonyl (C=O) groups excluding carboxylic acids is 1. The molecule has 0 saturated carbocycles. The van der Waals surface area contributed by atoms with Gasteiger partial charge in [0.15, 0.2) is 0 Å². The Kier molecular flexibility index (Phi) is 7.19. The largest absolute Gasteiger partial charge is 0.497 e. The number of hydrogen-bond acceptors (Lipinski definition) is 4. The first kappa shape index (κ1) is 21.5. The van der Waals surface area contributed by atoms with Crippen LogP contribution in [0.3, 0.4) is 0 Å². The van der Waals surface area contributed by atoms with Crippen molar-refractivity contribution in [3.8, 4) is 5.75 Å². The molecule has 0 atom stereocenters. The number of hydrogen-bond donors (Lipinski definition) is 0. The molecule has 1 amide bonds. The summed E-state index contributed by atoms with van der Waals surface area (Å²) in [7, 11) is 5.57.